The zero-order valence-corrected chi connectivity index (χ0v) is 18.0. The van der Waals surface area contributed by atoms with Crippen molar-refractivity contribution in [3.8, 4) is 5.75 Å². The molecule has 136 valence electrons. The van der Waals surface area contributed by atoms with Crippen LogP contribution in [0.25, 0.3) is 0 Å². The van der Waals surface area contributed by atoms with Crippen molar-refractivity contribution in [2.24, 2.45) is 0 Å². The van der Waals surface area contributed by atoms with Crippen molar-refractivity contribution < 1.29 is 13.2 Å². The summed E-state index contributed by atoms with van der Waals surface area (Å²) >= 11 is 16.7. The number of ether oxygens (including phenoxy) is 1. The topological polar surface area (TPSA) is 55.4 Å². The third kappa shape index (κ3) is 6.05. The highest BCUT2D eigenvalue weighted by Gasteiger charge is 2.19. The van der Waals surface area contributed by atoms with Gasteiger partial charge < -0.3 is 4.74 Å². The van der Waals surface area contributed by atoms with E-state index in [0.717, 1.165) is 11.3 Å². The number of rotatable bonds is 8. The standard InChI is InChI=1S/C16H16BrCl2NO3S2/c1-23-15-5-3-12(17)9-16(15)25(21,22)20-6-7-24-10-11-2-4-13(18)14(19)8-11/h2-5,8-9,20H,6-7,10H2,1H3. The van der Waals surface area contributed by atoms with Crippen molar-refractivity contribution in [1.29, 1.82) is 0 Å². The maximum absolute atomic E-state index is 12.4. The Hall–Kier alpha value is -0.440. The molecule has 0 atom stereocenters. The lowest BCUT2D eigenvalue weighted by Crippen LogP contribution is -2.26. The molecule has 4 nitrogen and oxygen atoms in total. The summed E-state index contributed by atoms with van der Waals surface area (Å²) in [5, 5.41) is 1.04. The molecule has 0 bridgehead atoms. The Kier molecular flexibility index (Phi) is 7.91. The SMILES string of the molecule is COc1ccc(Br)cc1S(=O)(=O)NCCSCc1ccc(Cl)c(Cl)c1. The number of halogens is 3. The first-order chi connectivity index (χ1) is 11.8. The number of thioether (sulfide) groups is 1. The lowest BCUT2D eigenvalue weighted by Gasteiger charge is -2.11. The van der Waals surface area contributed by atoms with Crippen molar-refractivity contribution in [2.75, 3.05) is 19.4 Å². The Morgan fingerprint density at radius 3 is 2.60 bits per heavy atom. The summed E-state index contributed by atoms with van der Waals surface area (Å²) in [5.41, 5.74) is 1.04. The minimum atomic E-state index is -3.64. The molecule has 0 fully saturated rings. The second-order valence-electron chi connectivity index (χ2n) is 4.99. The molecule has 25 heavy (non-hydrogen) atoms. The van der Waals surface area contributed by atoms with Crippen LogP contribution < -0.4 is 9.46 Å². The van der Waals surface area contributed by atoms with Crippen molar-refractivity contribution in [1.82, 2.24) is 4.72 Å². The number of nitrogens with one attached hydrogen (secondary N) is 1. The van der Waals surface area contributed by atoms with Gasteiger partial charge in [0.25, 0.3) is 0 Å². The number of hydrogen-bond donors (Lipinski definition) is 1. The molecule has 0 radical (unpaired) electrons. The van der Waals surface area contributed by atoms with E-state index in [1.807, 2.05) is 12.1 Å². The van der Waals surface area contributed by atoms with Gasteiger partial charge in [-0.2, -0.15) is 11.8 Å². The summed E-state index contributed by atoms with van der Waals surface area (Å²) < 4.78 is 33.2. The Bertz CT molecular complexity index is 847. The van der Waals surface area contributed by atoms with Crippen molar-refractivity contribution in [3.05, 3.63) is 56.5 Å². The minimum absolute atomic E-state index is 0.110. The lowest BCUT2D eigenvalue weighted by atomic mass is 10.2. The molecule has 0 aromatic heterocycles. The third-order valence-electron chi connectivity index (χ3n) is 3.21. The monoisotopic (exact) mass is 483 g/mol. The fourth-order valence-electron chi connectivity index (χ4n) is 2.01. The quantitative estimate of drug-likeness (QED) is 0.537. The van der Waals surface area contributed by atoms with Crippen LogP contribution >= 0.6 is 50.9 Å². The molecule has 2 aromatic carbocycles. The molecule has 0 aliphatic heterocycles. The van der Waals surface area contributed by atoms with Crippen LogP contribution in [0.5, 0.6) is 5.75 Å². The van der Waals surface area contributed by atoms with Gasteiger partial charge in [-0.1, -0.05) is 45.2 Å². The lowest BCUT2D eigenvalue weighted by molar-refractivity contribution is 0.402. The van der Waals surface area contributed by atoms with Crippen LogP contribution in [0.15, 0.2) is 45.8 Å². The van der Waals surface area contributed by atoms with E-state index in [1.54, 1.807) is 30.0 Å². The maximum Gasteiger partial charge on any atom is 0.244 e. The van der Waals surface area contributed by atoms with E-state index < -0.39 is 10.0 Å². The fraction of sp³-hybridized carbons (Fsp3) is 0.250. The molecular weight excluding hydrogens is 469 g/mol. The highest BCUT2D eigenvalue weighted by Crippen LogP contribution is 2.27. The van der Waals surface area contributed by atoms with Gasteiger partial charge in [0.15, 0.2) is 0 Å². The number of methoxy groups -OCH3 is 1. The van der Waals surface area contributed by atoms with Gasteiger partial charge in [0.2, 0.25) is 10.0 Å². The van der Waals surface area contributed by atoms with Crippen LogP contribution in [-0.2, 0) is 15.8 Å². The van der Waals surface area contributed by atoms with Gasteiger partial charge in [-0.05, 0) is 35.9 Å². The molecule has 0 saturated carbocycles. The van der Waals surface area contributed by atoms with Gasteiger partial charge in [-0.25, -0.2) is 13.1 Å². The molecule has 2 aromatic rings. The van der Waals surface area contributed by atoms with Gasteiger partial charge in [-0.3, -0.25) is 0 Å². The number of hydrogen-bond acceptors (Lipinski definition) is 4. The van der Waals surface area contributed by atoms with Gasteiger partial charge >= 0.3 is 0 Å². The highest BCUT2D eigenvalue weighted by molar-refractivity contribution is 9.10. The molecule has 0 unspecified atom stereocenters. The van der Waals surface area contributed by atoms with E-state index in [4.69, 9.17) is 27.9 Å². The third-order valence-corrected chi connectivity index (χ3v) is 6.95. The zero-order chi connectivity index (χ0) is 18.4. The second-order valence-corrected chi connectivity index (χ2v) is 9.56. The van der Waals surface area contributed by atoms with Crippen LogP contribution in [0.3, 0.4) is 0 Å². The molecule has 0 amide bonds. The van der Waals surface area contributed by atoms with Crippen LogP contribution in [0, 0.1) is 0 Å². The van der Waals surface area contributed by atoms with Gasteiger partial charge in [-0.15, -0.1) is 0 Å². The summed E-state index contributed by atoms with van der Waals surface area (Å²) in [6.07, 6.45) is 0. The highest BCUT2D eigenvalue weighted by atomic mass is 79.9. The summed E-state index contributed by atoms with van der Waals surface area (Å²) in [4.78, 5) is 0.110. The Labute approximate surface area is 170 Å². The molecule has 0 heterocycles. The maximum atomic E-state index is 12.4. The Balaban J connectivity index is 1.88. The first kappa shape index (κ1) is 20.9. The van der Waals surface area contributed by atoms with E-state index >= 15 is 0 Å². The molecule has 2 rings (SSSR count). The normalized spacial score (nSPS) is 11.5. The summed E-state index contributed by atoms with van der Waals surface area (Å²) in [6, 6.07) is 10.3. The summed E-state index contributed by atoms with van der Waals surface area (Å²) in [7, 11) is -2.20. The molecule has 1 N–H and O–H groups in total. The summed E-state index contributed by atoms with van der Waals surface area (Å²) in [5.74, 6) is 1.65. The molecule has 0 aliphatic rings. The smallest absolute Gasteiger partial charge is 0.244 e. The van der Waals surface area contributed by atoms with Gasteiger partial charge in [0.05, 0.1) is 17.2 Å². The Morgan fingerprint density at radius 1 is 1.16 bits per heavy atom. The zero-order valence-electron chi connectivity index (χ0n) is 13.3. The number of sulfonamides is 1. The van der Waals surface area contributed by atoms with E-state index in [9.17, 15) is 8.42 Å². The van der Waals surface area contributed by atoms with Crippen molar-refractivity contribution in [2.45, 2.75) is 10.6 Å². The van der Waals surface area contributed by atoms with Crippen molar-refractivity contribution in [3.63, 3.8) is 0 Å². The fourth-order valence-corrected chi connectivity index (χ4v) is 5.00. The van der Waals surface area contributed by atoms with Gasteiger partial charge in [0.1, 0.15) is 10.6 Å². The van der Waals surface area contributed by atoms with Crippen LogP contribution in [0.4, 0.5) is 0 Å². The minimum Gasteiger partial charge on any atom is -0.495 e. The molecular formula is C16H16BrCl2NO3S2. The van der Waals surface area contributed by atoms with E-state index in [1.165, 1.54) is 13.2 Å². The average Bonchev–Trinajstić information content (AvgIpc) is 2.57. The van der Waals surface area contributed by atoms with Crippen molar-refractivity contribution >= 4 is 60.9 Å². The molecule has 0 spiro atoms. The summed E-state index contributed by atoms with van der Waals surface area (Å²) in [6.45, 7) is 0.310. The van der Waals surface area contributed by atoms with Crippen LogP contribution in [0.1, 0.15) is 5.56 Å². The van der Waals surface area contributed by atoms with E-state index in [0.29, 0.717) is 32.6 Å². The number of benzene rings is 2. The first-order valence-corrected chi connectivity index (χ1v) is 11.4. The largest absolute Gasteiger partial charge is 0.495 e. The van der Waals surface area contributed by atoms with Gasteiger partial charge in [0, 0.05) is 22.5 Å². The predicted molar refractivity (Wildman–Crippen MR) is 109 cm³/mol. The first-order valence-electron chi connectivity index (χ1n) is 7.18. The predicted octanol–water partition coefficient (Wildman–Crippen LogP) is 4.98. The van der Waals surface area contributed by atoms with Crippen LogP contribution in [-0.4, -0.2) is 27.8 Å². The van der Waals surface area contributed by atoms with Crippen LogP contribution in [0.2, 0.25) is 10.0 Å². The molecule has 0 aliphatic carbocycles. The Morgan fingerprint density at radius 2 is 1.92 bits per heavy atom. The molecule has 0 saturated heterocycles. The second kappa shape index (κ2) is 9.48. The molecule has 9 heteroatoms. The van der Waals surface area contributed by atoms with E-state index in [-0.39, 0.29) is 4.90 Å². The van der Waals surface area contributed by atoms with E-state index in [2.05, 4.69) is 20.7 Å². The average molecular weight is 485 g/mol.